The lowest BCUT2D eigenvalue weighted by atomic mass is 10.2. The first-order valence-corrected chi connectivity index (χ1v) is 7.62. The Morgan fingerprint density at radius 2 is 1.91 bits per heavy atom. The van der Waals surface area contributed by atoms with Crippen LogP contribution in [-0.2, 0) is 13.1 Å². The Bertz CT molecular complexity index is 758. The molecule has 0 amide bonds. The molecule has 1 N–H and O–H groups in total. The minimum Gasteiger partial charge on any atom is -0.306 e. The first-order chi connectivity index (χ1) is 10.7. The van der Waals surface area contributed by atoms with Crippen LogP contribution in [0, 0.1) is 5.82 Å². The van der Waals surface area contributed by atoms with Crippen molar-refractivity contribution in [2.45, 2.75) is 13.1 Å². The van der Waals surface area contributed by atoms with Crippen LogP contribution in [0.5, 0.6) is 0 Å². The molecule has 0 spiro atoms. The van der Waals surface area contributed by atoms with Gasteiger partial charge in [0.1, 0.15) is 12.1 Å². The summed E-state index contributed by atoms with van der Waals surface area (Å²) in [5.41, 5.74) is 1.62. The fourth-order valence-corrected chi connectivity index (χ4v) is 2.49. The van der Waals surface area contributed by atoms with Gasteiger partial charge in [-0.05, 0) is 24.3 Å². The number of nitrogens with one attached hydrogen (secondary N) is 1. The zero-order valence-electron chi connectivity index (χ0n) is 11.7. The Morgan fingerprint density at radius 1 is 1.09 bits per heavy atom. The van der Waals surface area contributed by atoms with E-state index in [4.69, 9.17) is 0 Å². The third-order valence-electron chi connectivity index (χ3n) is 3.27. The van der Waals surface area contributed by atoms with Crippen molar-refractivity contribution in [3.05, 3.63) is 76.5 Å². The minimum absolute atomic E-state index is 0.230. The van der Waals surface area contributed by atoms with Gasteiger partial charge in [-0.15, -0.1) is 10.2 Å². The Labute approximate surface area is 136 Å². The van der Waals surface area contributed by atoms with Crippen LogP contribution in [-0.4, -0.2) is 14.8 Å². The van der Waals surface area contributed by atoms with E-state index in [1.165, 1.54) is 6.07 Å². The van der Waals surface area contributed by atoms with E-state index in [9.17, 15) is 4.39 Å². The standard InChI is InChI=1S/C16H14BrFN4/c17-13-7-6-12(15(18)8-13)9-19-10-16-21-20-11-22(16)14-4-2-1-3-5-14/h1-8,11,19H,9-10H2. The van der Waals surface area contributed by atoms with E-state index in [2.05, 4.69) is 31.4 Å². The molecule has 0 aliphatic rings. The third kappa shape index (κ3) is 3.40. The van der Waals surface area contributed by atoms with Crippen molar-refractivity contribution in [3.8, 4) is 5.69 Å². The molecule has 0 bridgehead atoms. The van der Waals surface area contributed by atoms with Gasteiger partial charge in [0.2, 0.25) is 0 Å². The van der Waals surface area contributed by atoms with Gasteiger partial charge in [-0.1, -0.05) is 40.2 Å². The van der Waals surface area contributed by atoms with Gasteiger partial charge in [0.15, 0.2) is 5.82 Å². The van der Waals surface area contributed by atoms with E-state index < -0.39 is 0 Å². The smallest absolute Gasteiger partial charge is 0.151 e. The predicted molar refractivity (Wildman–Crippen MR) is 86.0 cm³/mol. The first kappa shape index (κ1) is 14.9. The van der Waals surface area contributed by atoms with Crippen LogP contribution in [0.2, 0.25) is 0 Å². The summed E-state index contributed by atoms with van der Waals surface area (Å²) in [6.07, 6.45) is 1.67. The molecule has 0 aliphatic heterocycles. The van der Waals surface area contributed by atoms with Gasteiger partial charge in [0.25, 0.3) is 0 Å². The summed E-state index contributed by atoms with van der Waals surface area (Å²) < 4.78 is 16.4. The van der Waals surface area contributed by atoms with Crippen LogP contribution >= 0.6 is 15.9 Å². The molecular formula is C16H14BrFN4. The van der Waals surface area contributed by atoms with Gasteiger partial charge < -0.3 is 5.32 Å². The maximum Gasteiger partial charge on any atom is 0.151 e. The highest BCUT2D eigenvalue weighted by molar-refractivity contribution is 9.10. The van der Waals surface area contributed by atoms with Crippen molar-refractivity contribution >= 4 is 15.9 Å². The SMILES string of the molecule is Fc1cc(Br)ccc1CNCc1nncn1-c1ccccc1. The van der Waals surface area contributed by atoms with E-state index in [0.29, 0.717) is 18.7 Å². The molecule has 4 nitrogen and oxygen atoms in total. The van der Waals surface area contributed by atoms with Crippen molar-refractivity contribution in [3.63, 3.8) is 0 Å². The topological polar surface area (TPSA) is 42.7 Å². The van der Waals surface area contributed by atoms with E-state index in [0.717, 1.165) is 16.0 Å². The quantitative estimate of drug-likeness (QED) is 0.757. The second kappa shape index (κ2) is 6.81. The molecule has 0 atom stereocenters. The predicted octanol–water partition coefficient (Wildman–Crippen LogP) is 3.46. The van der Waals surface area contributed by atoms with Crippen LogP contribution in [0.4, 0.5) is 4.39 Å². The second-order valence-corrected chi connectivity index (χ2v) is 5.71. The summed E-state index contributed by atoms with van der Waals surface area (Å²) >= 11 is 3.25. The number of aromatic nitrogens is 3. The van der Waals surface area contributed by atoms with E-state index in [1.54, 1.807) is 12.4 Å². The van der Waals surface area contributed by atoms with E-state index >= 15 is 0 Å². The highest BCUT2D eigenvalue weighted by atomic mass is 79.9. The zero-order valence-corrected chi connectivity index (χ0v) is 13.3. The monoisotopic (exact) mass is 360 g/mol. The Hall–Kier alpha value is -2.05. The normalized spacial score (nSPS) is 10.8. The average molecular weight is 361 g/mol. The van der Waals surface area contributed by atoms with Crippen molar-refractivity contribution in [1.82, 2.24) is 20.1 Å². The number of halogens is 2. The molecular weight excluding hydrogens is 347 g/mol. The highest BCUT2D eigenvalue weighted by Gasteiger charge is 2.07. The molecule has 0 saturated heterocycles. The second-order valence-electron chi connectivity index (χ2n) is 4.79. The molecule has 1 heterocycles. The van der Waals surface area contributed by atoms with Gasteiger partial charge in [-0.3, -0.25) is 4.57 Å². The molecule has 0 radical (unpaired) electrons. The van der Waals surface area contributed by atoms with Crippen molar-refractivity contribution < 1.29 is 4.39 Å². The highest BCUT2D eigenvalue weighted by Crippen LogP contribution is 2.15. The number of hydrogen-bond acceptors (Lipinski definition) is 3. The fraction of sp³-hybridized carbons (Fsp3) is 0.125. The number of rotatable bonds is 5. The summed E-state index contributed by atoms with van der Waals surface area (Å²) in [5, 5.41) is 11.3. The number of benzene rings is 2. The van der Waals surface area contributed by atoms with Crippen molar-refractivity contribution in [2.75, 3.05) is 0 Å². The average Bonchev–Trinajstić information content (AvgIpc) is 2.99. The lowest BCUT2D eigenvalue weighted by Gasteiger charge is -2.08. The van der Waals surface area contributed by atoms with E-state index in [-0.39, 0.29) is 5.82 Å². The van der Waals surface area contributed by atoms with Crippen LogP contribution in [0.3, 0.4) is 0 Å². The minimum atomic E-state index is -0.230. The Kier molecular flexibility index (Phi) is 4.60. The molecule has 0 unspecified atom stereocenters. The molecule has 6 heteroatoms. The molecule has 1 aromatic heterocycles. The van der Waals surface area contributed by atoms with Crippen molar-refractivity contribution in [1.29, 1.82) is 0 Å². The van der Waals surface area contributed by atoms with Crippen LogP contribution in [0.25, 0.3) is 5.69 Å². The van der Waals surface area contributed by atoms with Crippen LogP contribution < -0.4 is 5.32 Å². The lowest BCUT2D eigenvalue weighted by Crippen LogP contribution is -2.17. The maximum absolute atomic E-state index is 13.8. The van der Waals surface area contributed by atoms with Gasteiger partial charge >= 0.3 is 0 Å². The van der Waals surface area contributed by atoms with Gasteiger partial charge in [0, 0.05) is 22.3 Å². The fourth-order valence-electron chi connectivity index (χ4n) is 2.16. The molecule has 112 valence electrons. The molecule has 2 aromatic carbocycles. The van der Waals surface area contributed by atoms with Crippen LogP contribution in [0.15, 0.2) is 59.3 Å². The maximum atomic E-state index is 13.8. The zero-order chi connectivity index (χ0) is 15.4. The van der Waals surface area contributed by atoms with E-state index in [1.807, 2.05) is 41.0 Å². The largest absolute Gasteiger partial charge is 0.306 e. The van der Waals surface area contributed by atoms with Gasteiger partial charge in [0.05, 0.1) is 6.54 Å². The lowest BCUT2D eigenvalue weighted by molar-refractivity contribution is 0.580. The Morgan fingerprint density at radius 3 is 2.68 bits per heavy atom. The molecule has 3 aromatic rings. The summed E-state index contributed by atoms with van der Waals surface area (Å²) in [4.78, 5) is 0. The molecule has 0 fully saturated rings. The Balaban J connectivity index is 1.67. The van der Waals surface area contributed by atoms with Gasteiger partial charge in [-0.2, -0.15) is 0 Å². The number of para-hydroxylation sites is 1. The molecule has 0 aliphatic carbocycles. The van der Waals surface area contributed by atoms with Crippen molar-refractivity contribution in [2.24, 2.45) is 0 Å². The number of nitrogens with zero attached hydrogens (tertiary/aromatic N) is 3. The third-order valence-corrected chi connectivity index (χ3v) is 3.76. The molecule has 3 rings (SSSR count). The first-order valence-electron chi connectivity index (χ1n) is 6.83. The van der Waals surface area contributed by atoms with Crippen LogP contribution in [0.1, 0.15) is 11.4 Å². The molecule has 0 saturated carbocycles. The van der Waals surface area contributed by atoms with Gasteiger partial charge in [-0.25, -0.2) is 4.39 Å². The summed E-state index contributed by atoms with van der Waals surface area (Å²) in [6, 6.07) is 14.9. The summed E-state index contributed by atoms with van der Waals surface area (Å²) in [6.45, 7) is 0.936. The summed E-state index contributed by atoms with van der Waals surface area (Å²) in [5.74, 6) is 0.551. The number of hydrogen-bond donors (Lipinski definition) is 1. The molecule has 22 heavy (non-hydrogen) atoms. The summed E-state index contributed by atoms with van der Waals surface area (Å²) in [7, 11) is 0.